The minimum Gasteiger partial charge on any atom is -0.488 e. The lowest BCUT2D eigenvalue weighted by Crippen LogP contribution is -2.38. The molecular formula is C16H17Cl2NO. The Kier molecular flexibility index (Phi) is 5.30. The zero-order valence-corrected chi connectivity index (χ0v) is 12.7. The van der Waals surface area contributed by atoms with Gasteiger partial charge < -0.3 is 10.5 Å². The van der Waals surface area contributed by atoms with Crippen molar-refractivity contribution in [3.05, 3.63) is 64.1 Å². The SMILES string of the molecule is CC(N)C(Cc1ccc(Cl)cc1)Oc1ccc(Cl)cc1. The van der Waals surface area contributed by atoms with Crippen molar-refractivity contribution in [1.29, 1.82) is 0 Å². The van der Waals surface area contributed by atoms with Crippen molar-refractivity contribution in [2.24, 2.45) is 5.73 Å². The van der Waals surface area contributed by atoms with Gasteiger partial charge in [0.05, 0.1) is 0 Å². The second kappa shape index (κ2) is 6.98. The molecule has 20 heavy (non-hydrogen) atoms. The summed E-state index contributed by atoms with van der Waals surface area (Å²) in [5.74, 6) is 0.769. The van der Waals surface area contributed by atoms with Gasteiger partial charge in [0.25, 0.3) is 0 Å². The molecule has 2 aromatic rings. The molecule has 2 unspecified atom stereocenters. The molecule has 0 aliphatic carbocycles. The average Bonchev–Trinajstić information content (AvgIpc) is 2.42. The zero-order valence-electron chi connectivity index (χ0n) is 11.2. The molecular weight excluding hydrogens is 293 g/mol. The first-order valence-electron chi connectivity index (χ1n) is 6.47. The van der Waals surface area contributed by atoms with Gasteiger partial charge in [-0.3, -0.25) is 0 Å². The summed E-state index contributed by atoms with van der Waals surface area (Å²) < 4.78 is 5.95. The first kappa shape index (κ1) is 15.2. The Labute approximate surface area is 129 Å². The van der Waals surface area contributed by atoms with E-state index in [0.29, 0.717) is 5.02 Å². The maximum atomic E-state index is 6.02. The Morgan fingerprint density at radius 3 is 1.95 bits per heavy atom. The largest absolute Gasteiger partial charge is 0.488 e. The van der Waals surface area contributed by atoms with Crippen LogP contribution in [0.25, 0.3) is 0 Å². The molecule has 0 saturated carbocycles. The molecule has 106 valence electrons. The van der Waals surface area contributed by atoms with E-state index in [1.165, 1.54) is 0 Å². The van der Waals surface area contributed by atoms with E-state index in [1.54, 1.807) is 12.1 Å². The van der Waals surface area contributed by atoms with Crippen LogP contribution in [0.4, 0.5) is 0 Å². The van der Waals surface area contributed by atoms with Crippen LogP contribution in [-0.4, -0.2) is 12.1 Å². The monoisotopic (exact) mass is 309 g/mol. The van der Waals surface area contributed by atoms with Crippen LogP contribution in [0.3, 0.4) is 0 Å². The van der Waals surface area contributed by atoms with E-state index in [-0.39, 0.29) is 12.1 Å². The minimum absolute atomic E-state index is 0.0821. The van der Waals surface area contributed by atoms with Gasteiger partial charge in [-0.1, -0.05) is 35.3 Å². The molecule has 0 fully saturated rings. The highest BCUT2D eigenvalue weighted by atomic mass is 35.5. The fraction of sp³-hybridized carbons (Fsp3) is 0.250. The van der Waals surface area contributed by atoms with Gasteiger partial charge in [-0.25, -0.2) is 0 Å². The first-order chi connectivity index (χ1) is 9.54. The van der Waals surface area contributed by atoms with Crippen molar-refractivity contribution in [3.63, 3.8) is 0 Å². The molecule has 2 rings (SSSR count). The highest BCUT2D eigenvalue weighted by molar-refractivity contribution is 6.30. The Balaban J connectivity index is 2.07. The Morgan fingerprint density at radius 1 is 0.950 bits per heavy atom. The van der Waals surface area contributed by atoms with Crippen molar-refractivity contribution in [2.45, 2.75) is 25.5 Å². The maximum Gasteiger partial charge on any atom is 0.119 e. The van der Waals surface area contributed by atoms with Crippen LogP contribution in [0.2, 0.25) is 10.0 Å². The molecule has 0 aromatic heterocycles. The number of benzene rings is 2. The third-order valence-corrected chi connectivity index (χ3v) is 3.54. The van der Waals surface area contributed by atoms with Gasteiger partial charge in [0, 0.05) is 22.5 Å². The molecule has 4 heteroatoms. The van der Waals surface area contributed by atoms with E-state index in [1.807, 2.05) is 43.3 Å². The lowest BCUT2D eigenvalue weighted by atomic mass is 10.0. The third kappa shape index (κ3) is 4.41. The first-order valence-corrected chi connectivity index (χ1v) is 7.22. The molecule has 0 radical (unpaired) electrons. The smallest absolute Gasteiger partial charge is 0.119 e. The summed E-state index contributed by atoms with van der Waals surface area (Å²) in [6, 6.07) is 14.9. The Hall–Kier alpha value is -1.22. The summed E-state index contributed by atoms with van der Waals surface area (Å²) in [7, 11) is 0. The molecule has 0 saturated heterocycles. The van der Waals surface area contributed by atoms with E-state index < -0.39 is 0 Å². The van der Waals surface area contributed by atoms with Gasteiger partial charge in [-0.05, 0) is 48.9 Å². The van der Waals surface area contributed by atoms with Crippen LogP contribution >= 0.6 is 23.2 Å². The highest BCUT2D eigenvalue weighted by Crippen LogP contribution is 2.19. The van der Waals surface area contributed by atoms with Crippen LogP contribution < -0.4 is 10.5 Å². The van der Waals surface area contributed by atoms with E-state index in [2.05, 4.69) is 0 Å². The number of halogens is 2. The third-order valence-electron chi connectivity index (χ3n) is 3.04. The van der Waals surface area contributed by atoms with Gasteiger partial charge >= 0.3 is 0 Å². The Bertz CT molecular complexity index is 490. The highest BCUT2D eigenvalue weighted by Gasteiger charge is 2.16. The number of hydrogen-bond donors (Lipinski definition) is 1. The topological polar surface area (TPSA) is 35.2 Å². The zero-order chi connectivity index (χ0) is 14.5. The average molecular weight is 310 g/mol. The summed E-state index contributed by atoms with van der Waals surface area (Å²) in [6.45, 7) is 1.94. The summed E-state index contributed by atoms with van der Waals surface area (Å²) in [5, 5.41) is 1.41. The van der Waals surface area contributed by atoms with Crippen LogP contribution in [0.1, 0.15) is 12.5 Å². The standard InChI is InChI=1S/C16H17Cl2NO/c1-11(19)16(10-12-2-4-13(17)5-3-12)20-15-8-6-14(18)7-9-15/h2-9,11,16H,10,19H2,1H3. The summed E-state index contributed by atoms with van der Waals surface area (Å²) >= 11 is 11.7. The van der Waals surface area contributed by atoms with Crippen molar-refractivity contribution < 1.29 is 4.74 Å². The van der Waals surface area contributed by atoms with Crippen molar-refractivity contribution >= 4 is 23.2 Å². The maximum absolute atomic E-state index is 6.02. The summed E-state index contributed by atoms with van der Waals surface area (Å²) in [5.41, 5.74) is 7.16. The molecule has 0 bridgehead atoms. The number of ether oxygens (including phenoxy) is 1. The normalized spacial score (nSPS) is 13.8. The van der Waals surface area contributed by atoms with Gasteiger partial charge in [0.1, 0.15) is 11.9 Å². The van der Waals surface area contributed by atoms with E-state index in [9.17, 15) is 0 Å². The molecule has 0 aliphatic rings. The van der Waals surface area contributed by atoms with Crippen LogP contribution in [-0.2, 0) is 6.42 Å². The molecule has 2 N–H and O–H groups in total. The van der Waals surface area contributed by atoms with Crippen LogP contribution in [0, 0.1) is 0 Å². The number of rotatable bonds is 5. The second-order valence-electron chi connectivity index (χ2n) is 4.80. The van der Waals surface area contributed by atoms with Crippen molar-refractivity contribution in [3.8, 4) is 5.75 Å². The summed E-state index contributed by atoms with van der Waals surface area (Å²) in [4.78, 5) is 0. The lowest BCUT2D eigenvalue weighted by molar-refractivity contribution is 0.177. The van der Waals surface area contributed by atoms with E-state index >= 15 is 0 Å². The van der Waals surface area contributed by atoms with Gasteiger partial charge in [-0.15, -0.1) is 0 Å². The molecule has 0 spiro atoms. The molecule has 2 nitrogen and oxygen atoms in total. The molecule has 0 amide bonds. The van der Waals surface area contributed by atoms with Crippen molar-refractivity contribution in [1.82, 2.24) is 0 Å². The lowest BCUT2D eigenvalue weighted by Gasteiger charge is -2.22. The van der Waals surface area contributed by atoms with E-state index in [0.717, 1.165) is 22.8 Å². The molecule has 2 aromatic carbocycles. The summed E-state index contributed by atoms with van der Waals surface area (Å²) in [6.07, 6.45) is 0.634. The molecule has 2 atom stereocenters. The predicted molar refractivity (Wildman–Crippen MR) is 84.7 cm³/mol. The van der Waals surface area contributed by atoms with E-state index in [4.69, 9.17) is 33.7 Å². The molecule has 0 aliphatic heterocycles. The van der Waals surface area contributed by atoms with Gasteiger partial charge in [0.2, 0.25) is 0 Å². The second-order valence-corrected chi connectivity index (χ2v) is 5.67. The number of hydrogen-bond acceptors (Lipinski definition) is 2. The van der Waals surface area contributed by atoms with Crippen molar-refractivity contribution in [2.75, 3.05) is 0 Å². The number of nitrogens with two attached hydrogens (primary N) is 1. The minimum atomic E-state index is -0.0997. The fourth-order valence-corrected chi connectivity index (χ4v) is 2.13. The quantitative estimate of drug-likeness (QED) is 0.892. The van der Waals surface area contributed by atoms with Crippen LogP contribution in [0.15, 0.2) is 48.5 Å². The van der Waals surface area contributed by atoms with Gasteiger partial charge in [-0.2, -0.15) is 0 Å². The van der Waals surface area contributed by atoms with Crippen LogP contribution in [0.5, 0.6) is 5.75 Å². The Morgan fingerprint density at radius 2 is 1.45 bits per heavy atom. The van der Waals surface area contributed by atoms with Gasteiger partial charge in [0.15, 0.2) is 0 Å². The fourth-order valence-electron chi connectivity index (χ4n) is 1.88. The molecule has 0 heterocycles. The predicted octanol–water partition coefficient (Wildman–Crippen LogP) is 4.33.